The number of aliphatic carboxylic acids is 1. The van der Waals surface area contributed by atoms with Crippen LogP contribution >= 0.6 is 0 Å². The molecule has 1 fully saturated rings. The van der Waals surface area contributed by atoms with Gasteiger partial charge in [-0.3, -0.25) is 4.79 Å². The van der Waals surface area contributed by atoms with Crippen LogP contribution in [0, 0.1) is 11.8 Å². The second-order valence-corrected chi connectivity index (χ2v) is 6.03. The van der Waals surface area contributed by atoms with Gasteiger partial charge in [-0.25, -0.2) is 0 Å². The first kappa shape index (κ1) is 15.1. The van der Waals surface area contributed by atoms with Gasteiger partial charge in [0.2, 0.25) is 5.91 Å². The van der Waals surface area contributed by atoms with E-state index in [1.54, 1.807) is 0 Å². The fraction of sp³-hybridized carbons (Fsp3) is 0.750. The molecule has 1 saturated carbocycles. The molecule has 0 bridgehead atoms. The Bertz CT molecular complexity index is 370. The van der Waals surface area contributed by atoms with Crippen LogP contribution < -0.4 is 10.4 Å². The van der Waals surface area contributed by atoms with Gasteiger partial charge in [0.1, 0.15) is 0 Å². The second-order valence-electron chi connectivity index (χ2n) is 6.03. The molecule has 2 atom stereocenters. The SMILES string of the molecule is O=C([O-])[C@H]1CC=CC[C@H]1C(=O)NC1CCCCCCC1. The van der Waals surface area contributed by atoms with Gasteiger partial charge in [-0.1, -0.05) is 44.3 Å². The largest absolute Gasteiger partial charge is 0.550 e. The summed E-state index contributed by atoms with van der Waals surface area (Å²) in [4.78, 5) is 23.5. The van der Waals surface area contributed by atoms with Gasteiger partial charge in [0.05, 0.1) is 0 Å². The molecule has 1 amide bonds. The summed E-state index contributed by atoms with van der Waals surface area (Å²) in [7, 11) is 0. The highest BCUT2D eigenvalue weighted by Crippen LogP contribution is 2.26. The van der Waals surface area contributed by atoms with Gasteiger partial charge in [0.25, 0.3) is 0 Å². The lowest BCUT2D eigenvalue weighted by Crippen LogP contribution is -2.46. The van der Waals surface area contributed by atoms with Gasteiger partial charge in [0, 0.05) is 23.8 Å². The minimum Gasteiger partial charge on any atom is -0.550 e. The fourth-order valence-corrected chi connectivity index (χ4v) is 3.27. The molecule has 0 aromatic carbocycles. The molecule has 0 unspecified atom stereocenters. The monoisotopic (exact) mass is 278 g/mol. The minimum absolute atomic E-state index is 0.103. The number of carbonyl (C=O) groups is 2. The Morgan fingerprint density at radius 1 is 0.900 bits per heavy atom. The Kier molecular flexibility index (Phi) is 5.62. The van der Waals surface area contributed by atoms with Crippen LogP contribution in [-0.2, 0) is 9.59 Å². The molecule has 4 heteroatoms. The lowest BCUT2D eigenvalue weighted by atomic mass is 9.82. The van der Waals surface area contributed by atoms with Crippen LogP contribution in [-0.4, -0.2) is 17.9 Å². The Labute approximate surface area is 120 Å². The molecule has 0 aromatic rings. The van der Waals surface area contributed by atoms with E-state index in [1.165, 1.54) is 19.3 Å². The first-order valence-corrected chi connectivity index (χ1v) is 7.84. The summed E-state index contributed by atoms with van der Waals surface area (Å²) in [6.07, 6.45) is 12.8. The smallest absolute Gasteiger partial charge is 0.224 e. The summed E-state index contributed by atoms with van der Waals surface area (Å²) in [6.45, 7) is 0. The Morgan fingerprint density at radius 3 is 2.05 bits per heavy atom. The summed E-state index contributed by atoms with van der Waals surface area (Å²) in [5.41, 5.74) is 0. The average Bonchev–Trinajstić information content (AvgIpc) is 2.41. The number of allylic oxidation sites excluding steroid dienone is 2. The lowest BCUT2D eigenvalue weighted by Gasteiger charge is -2.30. The zero-order valence-electron chi connectivity index (χ0n) is 12.0. The quantitative estimate of drug-likeness (QED) is 0.796. The van der Waals surface area contributed by atoms with E-state index < -0.39 is 17.8 Å². The molecule has 0 saturated heterocycles. The molecule has 2 rings (SSSR count). The third kappa shape index (κ3) is 4.09. The summed E-state index contributed by atoms with van der Waals surface area (Å²) < 4.78 is 0. The van der Waals surface area contributed by atoms with Crippen molar-refractivity contribution in [2.24, 2.45) is 11.8 Å². The maximum Gasteiger partial charge on any atom is 0.224 e. The van der Waals surface area contributed by atoms with Crippen molar-refractivity contribution in [3.8, 4) is 0 Å². The Hall–Kier alpha value is -1.32. The molecule has 0 heterocycles. The van der Waals surface area contributed by atoms with Gasteiger partial charge in [-0.05, 0) is 25.7 Å². The number of amides is 1. The first-order chi connectivity index (χ1) is 9.68. The van der Waals surface area contributed by atoms with E-state index in [9.17, 15) is 14.7 Å². The van der Waals surface area contributed by atoms with Crippen molar-refractivity contribution in [1.29, 1.82) is 0 Å². The zero-order chi connectivity index (χ0) is 14.4. The highest BCUT2D eigenvalue weighted by molar-refractivity contribution is 5.84. The molecule has 0 aromatic heterocycles. The molecule has 2 aliphatic carbocycles. The molecule has 0 radical (unpaired) electrons. The van der Waals surface area contributed by atoms with E-state index in [4.69, 9.17) is 0 Å². The maximum absolute atomic E-state index is 12.3. The van der Waals surface area contributed by atoms with Crippen LogP contribution in [0.15, 0.2) is 12.2 Å². The van der Waals surface area contributed by atoms with Crippen molar-refractivity contribution < 1.29 is 14.7 Å². The average molecular weight is 278 g/mol. The normalized spacial score (nSPS) is 28.4. The molecule has 4 nitrogen and oxygen atoms in total. The number of rotatable bonds is 3. The highest BCUT2D eigenvalue weighted by atomic mass is 16.4. The Balaban J connectivity index is 1.91. The van der Waals surface area contributed by atoms with Gasteiger partial charge in [-0.2, -0.15) is 0 Å². The Morgan fingerprint density at radius 2 is 1.45 bits per heavy atom. The molecule has 112 valence electrons. The fourth-order valence-electron chi connectivity index (χ4n) is 3.27. The van der Waals surface area contributed by atoms with E-state index in [1.807, 2.05) is 12.2 Å². The standard InChI is InChI=1S/C16H25NO3/c18-15(13-10-6-7-11-14(13)16(19)20)17-12-8-4-2-1-3-5-9-12/h6-7,12-14H,1-5,8-11H2,(H,17,18)(H,19,20)/p-1/t13-,14+/m1/s1. The van der Waals surface area contributed by atoms with E-state index in [0.717, 1.165) is 25.7 Å². The number of carboxylic acid groups (broad SMARTS) is 1. The van der Waals surface area contributed by atoms with E-state index >= 15 is 0 Å². The van der Waals surface area contributed by atoms with Crippen LogP contribution in [0.5, 0.6) is 0 Å². The topological polar surface area (TPSA) is 69.2 Å². The maximum atomic E-state index is 12.3. The number of hydrogen-bond donors (Lipinski definition) is 1. The van der Waals surface area contributed by atoms with Crippen LogP contribution in [0.2, 0.25) is 0 Å². The van der Waals surface area contributed by atoms with Crippen molar-refractivity contribution in [2.75, 3.05) is 0 Å². The summed E-state index contributed by atoms with van der Waals surface area (Å²) >= 11 is 0. The van der Waals surface area contributed by atoms with E-state index in [-0.39, 0.29) is 11.9 Å². The van der Waals surface area contributed by atoms with Gasteiger partial charge < -0.3 is 15.2 Å². The molecule has 0 aliphatic heterocycles. The van der Waals surface area contributed by atoms with Crippen molar-refractivity contribution in [2.45, 2.75) is 63.8 Å². The predicted octanol–water partition coefficient (Wildman–Crippen LogP) is 1.55. The highest BCUT2D eigenvalue weighted by Gasteiger charge is 2.30. The summed E-state index contributed by atoms with van der Waals surface area (Å²) in [5.74, 6) is -2.34. The molecule has 20 heavy (non-hydrogen) atoms. The van der Waals surface area contributed by atoms with Crippen LogP contribution in [0.25, 0.3) is 0 Å². The van der Waals surface area contributed by atoms with E-state index in [2.05, 4.69) is 5.32 Å². The van der Waals surface area contributed by atoms with Crippen molar-refractivity contribution in [3.63, 3.8) is 0 Å². The van der Waals surface area contributed by atoms with Crippen molar-refractivity contribution in [1.82, 2.24) is 5.32 Å². The summed E-state index contributed by atoms with van der Waals surface area (Å²) in [6, 6.07) is 0.219. The van der Waals surface area contributed by atoms with Crippen LogP contribution in [0.1, 0.15) is 57.8 Å². The van der Waals surface area contributed by atoms with Crippen molar-refractivity contribution in [3.05, 3.63) is 12.2 Å². The first-order valence-electron chi connectivity index (χ1n) is 7.84. The second kappa shape index (κ2) is 7.46. The third-order valence-corrected chi connectivity index (χ3v) is 4.52. The lowest BCUT2D eigenvalue weighted by molar-refractivity contribution is -0.313. The molecular formula is C16H24NO3-. The molecular weight excluding hydrogens is 254 g/mol. The molecule has 0 spiro atoms. The number of carbonyl (C=O) groups excluding carboxylic acids is 2. The van der Waals surface area contributed by atoms with Gasteiger partial charge >= 0.3 is 0 Å². The van der Waals surface area contributed by atoms with Gasteiger partial charge in [-0.15, -0.1) is 0 Å². The van der Waals surface area contributed by atoms with Crippen LogP contribution in [0.4, 0.5) is 0 Å². The minimum atomic E-state index is -1.10. The number of carboxylic acids is 1. The molecule has 1 N–H and O–H groups in total. The van der Waals surface area contributed by atoms with Crippen LogP contribution in [0.3, 0.4) is 0 Å². The van der Waals surface area contributed by atoms with Gasteiger partial charge in [0.15, 0.2) is 0 Å². The summed E-state index contributed by atoms with van der Waals surface area (Å²) in [5, 5.41) is 14.2. The zero-order valence-corrected chi connectivity index (χ0v) is 12.0. The number of hydrogen-bond acceptors (Lipinski definition) is 3. The number of nitrogens with one attached hydrogen (secondary N) is 1. The van der Waals surface area contributed by atoms with Crippen molar-refractivity contribution >= 4 is 11.9 Å². The third-order valence-electron chi connectivity index (χ3n) is 4.52. The molecule has 2 aliphatic rings. The predicted molar refractivity (Wildman–Crippen MR) is 74.6 cm³/mol. The van der Waals surface area contributed by atoms with E-state index in [0.29, 0.717) is 12.8 Å².